The van der Waals surface area contributed by atoms with Crippen molar-refractivity contribution >= 4 is 59.5 Å². The van der Waals surface area contributed by atoms with Crippen LogP contribution in [0.15, 0.2) is 158 Å². The zero-order valence-corrected chi connectivity index (χ0v) is 23.6. The number of nitrogens with zero attached hydrogens (tertiary/aromatic N) is 2. The second-order valence-corrected chi connectivity index (χ2v) is 11.5. The monoisotopic (exact) mass is 554 g/mol. The van der Waals surface area contributed by atoms with Gasteiger partial charge in [0.15, 0.2) is 0 Å². The molecule has 0 aliphatic carbocycles. The van der Waals surface area contributed by atoms with Crippen LogP contribution in [0.3, 0.4) is 0 Å². The third kappa shape index (κ3) is 4.32. The van der Waals surface area contributed by atoms with Crippen molar-refractivity contribution in [1.29, 1.82) is 0 Å². The van der Waals surface area contributed by atoms with Crippen molar-refractivity contribution in [2.75, 3.05) is 4.90 Å². The highest BCUT2D eigenvalue weighted by Crippen LogP contribution is 2.42. The van der Waals surface area contributed by atoms with Gasteiger partial charge in [0.25, 0.3) is 0 Å². The number of hydrogen-bond acceptors (Lipinski definition) is 3. The Labute approximate surface area is 248 Å². The molecule has 2 nitrogen and oxygen atoms in total. The van der Waals surface area contributed by atoms with Gasteiger partial charge in [-0.1, -0.05) is 109 Å². The average Bonchev–Trinajstić information content (AvgIpc) is 3.45. The van der Waals surface area contributed by atoms with Crippen molar-refractivity contribution in [2.45, 2.75) is 0 Å². The van der Waals surface area contributed by atoms with Gasteiger partial charge in [-0.3, -0.25) is 4.98 Å². The van der Waals surface area contributed by atoms with Gasteiger partial charge in [-0.25, -0.2) is 0 Å². The predicted molar refractivity (Wildman–Crippen MR) is 180 cm³/mol. The fourth-order valence-corrected chi connectivity index (χ4v) is 7.06. The van der Waals surface area contributed by atoms with E-state index in [9.17, 15) is 0 Å². The summed E-state index contributed by atoms with van der Waals surface area (Å²) in [7, 11) is 0. The third-order valence-electron chi connectivity index (χ3n) is 7.92. The first-order valence-electron chi connectivity index (χ1n) is 14.1. The van der Waals surface area contributed by atoms with Gasteiger partial charge in [0.05, 0.1) is 10.2 Å². The van der Waals surface area contributed by atoms with Crippen LogP contribution in [0.25, 0.3) is 53.3 Å². The van der Waals surface area contributed by atoms with Crippen LogP contribution in [0, 0.1) is 0 Å². The molecule has 6 aromatic carbocycles. The first-order valence-corrected chi connectivity index (χ1v) is 14.9. The van der Waals surface area contributed by atoms with Crippen LogP contribution in [0.2, 0.25) is 0 Å². The lowest BCUT2D eigenvalue weighted by atomic mass is 10.0. The van der Waals surface area contributed by atoms with E-state index in [1.807, 2.05) is 23.6 Å². The first kappa shape index (κ1) is 24.5. The Morgan fingerprint density at radius 1 is 0.452 bits per heavy atom. The number of thiophene rings is 1. The third-order valence-corrected chi connectivity index (χ3v) is 9.09. The molecule has 0 N–H and O–H groups in total. The number of rotatable bonds is 5. The van der Waals surface area contributed by atoms with Crippen LogP contribution < -0.4 is 4.90 Å². The molecule has 0 bridgehead atoms. The van der Waals surface area contributed by atoms with Crippen LogP contribution in [0.4, 0.5) is 17.1 Å². The van der Waals surface area contributed by atoms with Crippen LogP contribution >= 0.6 is 11.3 Å². The van der Waals surface area contributed by atoms with Gasteiger partial charge >= 0.3 is 0 Å². The minimum atomic E-state index is 1.07. The van der Waals surface area contributed by atoms with E-state index < -0.39 is 0 Å². The van der Waals surface area contributed by atoms with Crippen molar-refractivity contribution in [3.05, 3.63) is 158 Å². The van der Waals surface area contributed by atoms with Crippen molar-refractivity contribution in [3.63, 3.8) is 0 Å². The molecule has 0 fully saturated rings. The lowest BCUT2D eigenvalue weighted by molar-refractivity contribution is 1.29. The zero-order chi connectivity index (χ0) is 27.9. The molecule has 2 heterocycles. The fourth-order valence-electron chi connectivity index (χ4n) is 5.82. The van der Waals surface area contributed by atoms with E-state index in [-0.39, 0.29) is 0 Å². The van der Waals surface area contributed by atoms with Crippen molar-refractivity contribution in [2.24, 2.45) is 0 Å². The summed E-state index contributed by atoms with van der Waals surface area (Å²) in [4.78, 5) is 7.07. The standard InChI is InChI=1S/C39H26N2S/c1-3-8-27(9-4-1)29-13-18-32(19-14-29)41(33-20-15-30(16-21-33)28-10-5-2-6-11-28)34-22-24-35-36-23-17-31-12-7-25-40-38(31)39(36)42-37(35)26-34/h1-26H. The van der Waals surface area contributed by atoms with E-state index in [0.29, 0.717) is 0 Å². The van der Waals surface area contributed by atoms with Crippen molar-refractivity contribution < 1.29 is 0 Å². The molecule has 0 saturated carbocycles. The second kappa shape index (κ2) is 10.3. The second-order valence-electron chi connectivity index (χ2n) is 10.5. The molecular weight excluding hydrogens is 529 g/mol. The quantitative estimate of drug-likeness (QED) is 0.210. The van der Waals surface area contributed by atoms with Gasteiger partial charge in [0.1, 0.15) is 0 Å². The van der Waals surface area contributed by atoms with Crippen LogP contribution in [0.1, 0.15) is 0 Å². The molecule has 2 aromatic heterocycles. The van der Waals surface area contributed by atoms with Gasteiger partial charge in [-0.15, -0.1) is 11.3 Å². The summed E-state index contributed by atoms with van der Waals surface area (Å²) < 4.78 is 2.50. The van der Waals surface area contributed by atoms with Crippen molar-refractivity contribution in [1.82, 2.24) is 4.98 Å². The largest absolute Gasteiger partial charge is 0.310 e. The number of aromatic nitrogens is 1. The molecule has 0 atom stereocenters. The normalized spacial score (nSPS) is 11.3. The summed E-state index contributed by atoms with van der Waals surface area (Å²) >= 11 is 1.82. The Hall–Kier alpha value is -5.25. The summed E-state index contributed by atoms with van der Waals surface area (Å²) in [5.41, 5.74) is 9.29. The minimum absolute atomic E-state index is 1.07. The van der Waals surface area contributed by atoms with Crippen LogP contribution in [-0.4, -0.2) is 4.98 Å². The molecule has 0 saturated heterocycles. The molecule has 0 radical (unpaired) electrons. The maximum absolute atomic E-state index is 4.72. The van der Waals surface area contributed by atoms with Gasteiger partial charge < -0.3 is 4.90 Å². The highest BCUT2D eigenvalue weighted by Gasteiger charge is 2.16. The molecule has 0 aliphatic rings. The fraction of sp³-hybridized carbons (Fsp3) is 0. The molecule has 0 aliphatic heterocycles. The predicted octanol–water partition coefficient (Wildman–Crippen LogP) is 11.4. The summed E-state index contributed by atoms with van der Waals surface area (Å²) in [5.74, 6) is 0. The molecule has 8 aromatic rings. The summed E-state index contributed by atoms with van der Waals surface area (Å²) in [6, 6.07) is 54.2. The molecule has 198 valence electrons. The maximum Gasteiger partial charge on any atom is 0.0880 e. The van der Waals surface area contributed by atoms with E-state index in [0.717, 1.165) is 22.6 Å². The number of fused-ring (bicyclic) bond motifs is 5. The minimum Gasteiger partial charge on any atom is -0.310 e. The van der Waals surface area contributed by atoms with E-state index in [4.69, 9.17) is 4.98 Å². The Kier molecular flexibility index (Phi) is 6.02. The van der Waals surface area contributed by atoms with Gasteiger partial charge in [0.2, 0.25) is 0 Å². The number of hydrogen-bond donors (Lipinski definition) is 0. The number of anilines is 3. The van der Waals surface area contributed by atoms with Gasteiger partial charge in [-0.05, 0) is 64.7 Å². The first-order chi connectivity index (χ1) is 20.8. The van der Waals surface area contributed by atoms with Crippen molar-refractivity contribution in [3.8, 4) is 22.3 Å². The number of benzene rings is 6. The highest BCUT2D eigenvalue weighted by atomic mass is 32.1. The van der Waals surface area contributed by atoms with Gasteiger partial charge in [0, 0.05) is 44.1 Å². The molecular formula is C39H26N2S. The van der Waals surface area contributed by atoms with E-state index in [2.05, 4.69) is 150 Å². The van der Waals surface area contributed by atoms with Gasteiger partial charge in [-0.2, -0.15) is 0 Å². The smallest absolute Gasteiger partial charge is 0.0880 e. The molecule has 42 heavy (non-hydrogen) atoms. The SMILES string of the molecule is c1ccc(-c2ccc(N(c3ccc(-c4ccccc4)cc3)c3ccc4c(c3)sc3c4ccc4cccnc43)cc2)cc1. The topological polar surface area (TPSA) is 16.1 Å². The molecule has 3 heteroatoms. The van der Waals surface area contributed by atoms with Crippen LogP contribution in [0.5, 0.6) is 0 Å². The molecule has 8 rings (SSSR count). The number of pyridine rings is 1. The lowest BCUT2D eigenvalue weighted by Gasteiger charge is -2.26. The Bertz CT molecular complexity index is 2080. The average molecular weight is 555 g/mol. The summed E-state index contributed by atoms with van der Waals surface area (Å²) in [6.45, 7) is 0. The zero-order valence-electron chi connectivity index (χ0n) is 22.8. The Balaban J connectivity index is 1.26. The Morgan fingerprint density at radius 2 is 1.00 bits per heavy atom. The Morgan fingerprint density at radius 3 is 1.62 bits per heavy atom. The molecule has 0 unspecified atom stereocenters. The van der Waals surface area contributed by atoms with Crippen LogP contribution in [-0.2, 0) is 0 Å². The van der Waals surface area contributed by atoms with E-state index >= 15 is 0 Å². The molecule has 0 spiro atoms. The van der Waals surface area contributed by atoms with E-state index in [1.165, 1.54) is 47.8 Å². The maximum atomic E-state index is 4.72. The lowest BCUT2D eigenvalue weighted by Crippen LogP contribution is -2.09. The summed E-state index contributed by atoms with van der Waals surface area (Å²) in [6.07, 6.45) is 1.89. The molecule has 0 amide bonds. The van der Waals surface area contributed by atoms with E-state index in [1.54, 1.807) is 0 Å². The highest BCUT2D eigenvalue weighted by molar-refractivity contribution is 7.26. The summed E-state index contributed by atoms with van der Waals surface area (Å²) in [5, 5.41) is 3.71.